The van der Waals surface area contributed by atoms with E-state index in [1.165, 1.54) is 11.8 Å². The van der Waals surface area contributed by atoms with Crippen LogP contribution >= 0.6 is 0 Å². The molecule has 0 saturated carbocycles. The van der Waals surface area contributed by atoms with Crippen LogP contribution in [-0.2, 0) is 16.7 Å². The summed E-state index contributed by atoms with van der Waals surface area (Å²) in [6.45, 7) is 5.43. The SMILES string of the molecule is CCO[C@H]1[C@H](NC(=O)c2ccco2)c2ccccc2C12CCN(Cc1ccn[nH]1)CC2. The first-order valence-electron chi connectivity index (χ1n) is 11.0. The Balaban J connectivity index is 1.42. The average molecular weight is 421 g/mol. The van der Waals surface area contributed by atoms with Crippen LogP contribution in [0.25, 0.3) is 0 Å². The van der Waals surface area contributed by atoms with Gasteiger partial charge in [-0.15, -0.1) is 0 Å². The van der Waals surface area contributed by atoms with Crippen molar-refractivity contribution in [2.24, 2.45) is 0 Å². The summed E-state index contributed by atoms with van der Waals surface area (Å²) >= 11 is 0. The standard InChI is InChI=1S/C24H28N4O3/c1-2-30-22-21(26-23(29)20-8-5-15-31-20)18-6-3-4-7-19(18)24(22)10-13-28(14-11-24)16-17-9-12-25-27-17/h3-9,12,15,21-22H,2,10-11,13-14,16H2,1H3,(H,25,27)(H,26,29)/t21-,22+/m1/s1. The number of hydrogen-bond acceptors (Lipinski definition) is 5. The number of aromatic amines is 1. The van der Waals surface area contributed by atoms with E-state index >= 15 is 0 Å². The minimum Gasteiger partial charge on any atom is -0.459 e. The number of ether oxygens (including phenoxy) is 1. The molecule has 0 radical (unpaired) electrons. The van der Waals surface area contributed by atoms with Gasteiger partial charge in [-0.1, -0.05) is 24.3 Å². The molecule has 1 aliphatic carbocycles. The molecule has 3 aromatic rings. The number of carbonyl (C=O) groups excluding carboxylic acids is 1. The second kappa shape index (κ2) is 8.32. The zero-order chi connectivity index (χ0) is 21.3. The van der Waals surface area contributed by atoms with Gasteiger partial charge in [0, 0.05) is 30.5 Å². The molecule has 2 aromatic heterocycles. The molecule has 7 heteroatoms. The Morgan fingerprint density at radius 3 is 2.81 bits per heavy atom. The van der Waals surface area contributed by atoms with Crippen molar-refractivity contribution < 1.29 is 13.9 Å². The summed E-state index contributed by atoms with van der Waals surface area (Å²) in [5.41, 5.74) is 3.48. The molecule has 0 bridgehead atoms. The Labute approximate surface area is 181 Å². The van der Waals surface area contributed by atoms with Crippen molar-refractivity contribution in [3.05, 3.63) is 77.5 Å². The van der Waals surface area contributed by atoms with Crippen molar-refractivity contribution >= 4 is 5.91 Å². The number of nitrogens with one attached hydrogen (secondary N) is 2. The van der Waals surface area contributed by atoms with E-state index in [1.807, 2.05) is 19.1 Å². The second-order valence-electron chi connectivity index (χ2n) is 8.41. The number of likely N-dealkylation sites (tertiary alicyclic amines) is 1. The van der Waals surface area contributed by atoms with E-state index in [4.69, 9.17) is 9.15 Å². The second-order valence-corrected chi connectivity index (χ2v) is 8.41. The average Bonchev–Trinajstić information content (AvgIpc) is 3.54. The molecule has 7 nitrogen and oxygen atoms in total. The minimum atomic E-state index is -0.205. The highest BCUT2D eigenvalue weighted by Crippen LogP contribution is 2.52. The molecule has 5 rings (SSSR count). The Hall–Kier alpha value is -2.90. The Morgan fingerprint density at radius 1 is 1.26 bits per heavy atom. The largest absolute Gasteiger partial charge is 0.459 e. The number of amides is 1. The lowest BCUT2D eigenvalue weighted by atomic mass is 9.71. The maximum absolute atomic E-state index is 12.8. The first kappa shape index (κ1) is 20.0. The summed E-state index contributed by atoms with van der Waals surface area (Å²) in [6.07, 6.45) is 5.18. The van der Waals surface area contributed by atoms with Gasteiger partial charge in [0.15, 0.2) is 5.76 Å². The molecule has 1 saturated heterocycles. The normalized spacial score (nSPS) is 22.5. The summed E-state index contributed by atoms with van der Waals surface area (Å²) in [5, 5.41) is 10.3. The molecule has 1 aliphatic heterocycles. The molecule has 1 aromatic carbocycles. The lowest BCUT2D eigenvalue weighted by Gasteiger charge is -2.44. The van der Waals surface area contributed by atoms with E-state index < -0.39 is 0 Å². The van der Waals surface area contributed by atoms with Crippen molar-refractivity contribution in [2.75, 3.05) is 19.7 Å². The highest BCUT2D eigenvalue weighted by Gasteiger charge is 2.54. The molecule has 2 atom stereocenters. The molecule has 162 valence electrons. The molecule has 31 heavy (non-hydrogen) atoms. The molecule has 1 amide bonds. The van der Waals surface area contributed by atoms with E-state index in [-0.39, 0.29) is 23.5 Å². The van der Waals surface area contributed by atoms with Crippen molar-refractivity contribution in [1.29, 1.82) is 0 Å². The number of hydrogen-bond donors (Lipinski definition) is 2. The van der Waals surface area contributed by atoms with Crippen molar-refractivity contribution in [1.82, 2.24) is 20.4 Å². The zero-order valence-corrected chi connectivity index (χ0v) is 17.7. The number of carbonyl (C=O) groups is 1. The summed E-state index contributed by atoms with van der Waals surface area (Å²) in [6, 6.07) is 13.7. The molecular weight excluding hydrogens is 392 g/mol. The Morgan fingerprint density at radius 2 is 2.10 bits per heavy atom. The summed E-state index contributed by atoms with van der Waals surface area (Å²) in [5.74, 6) is 0.117. The first-order chi connectivity index (χ1) is 15.2. The van der Waals surface area contributed by atoms with E-state index in [0.29, 0.717) is 12.4 Å². The number of piperidine rings is 1. The van der Waals surface area contributed by atoms with Gasteiger partial charge in [0.2, 0.25) is 0 Å². The highest BCUT2D eigenvalue weighted by atomic mass is 16.5. The van der Waals surface area contributed by atoms with Gasteiger partial charge in [0.1, 0.15) is 0 Å². The van der Waals surface area contributed by atoms with Crippen LogP contribution in [0.2, 0.25) is 0 Å². The van der Waals surface area contributed by atoms with E-state index in [0.717, 1.165) is 43.7 Å². The van der Waals surface area contributed by atoms with Gasteiger partial charge in [0.05, 0.1) is 18.4 Å². The molecule has 3 heterocycles. The van der Waals surface area contributed by atoms with E-state index in [2.05, 4.69) is 38.6 Å². The number of aromatic nitrogens is 2. The molecule has 2 N–H and O–H groups in total. The van der Waals surface area contributed by atoms with Gasteiger partial charge in [-0.25, -0.2) is 0 Å². The summed E-state index contributed by atoms with van der Waals surface area (Å²) in [7, 11) is 0. The van der Waals surface area contributed by atoms with Gasteiger partial charge in [-0.3, -0.25) is 14.8 Å². The van der Waals surface area contributed by atoms with Crippen molar-refractivity contribution in [3.8, 4) is 0 Å². The topological polar surface area (TPSA) is 83.4 Å². The maximum atomic E-state index is 12.8. The first-order valence-corrected chi connectivity index (χ1v) is 11.0. The van der Waals surface area contributed by atoms with Gasteiger partial charge in [0.25, 0.3) is 5.91 Å². The van der Waals surface area contributed by atoms with Crippen LogP contribution in [0.1, 0.15) is 53.2 Å². The van der Waals surface area contributed by atoms with Crippen LogP contribution in [0, 0.1) is 0 Å². The number of rotatable bonds is 6. The smallest absolute Gasteiger partial charge is 0.287 e. The number of fused-ring (bicyclic) bond motifs is 2. The predicted octanol–water partition coefficient (Wildman–Crippen LogP) is 3.43. The molecule has 1 fully saturated rings. The van der Waals surface area contributed by atoms with Crippen LogP contribution in [0.5, 0.6) is 0 Å². The third kappa shape index (κ3) is 3.58. The third-order valence-electron chi connectivity index (χ3n) is 6.76. The Kier molecular flexibility index (Phi) is 5.38. The highest BCUT2D eigenvalue weighted by molar-refractivity contribution is 5.91. The molecular formula is C24H28N4O3. The molecule has 2 aliphatic rings. The van der Waals surface area contributed by atoms with Gasteiger partial charge < -0.3 is 14.5 Å². The predicted molar refractivity (Wildman–Crippen MR) is 116 cm³/mol. The summed E-state index contributed by atoms with van der Waals surface area (Å²) in [4.78, 5) is 15.3. The molecule has 0 unspecified atom stereocenters. The van der Waals surface area contributed by atoms with E-state index in [9.17, 15) is 4.79 Å². The van der Waals surface area contributed by atoms with Crippen LogP contribution in [0.4, 0.5) is 0 Å². The van der Waals surface area contributed by atoms with Crippen molar-refractivity contribution in [3.63, 3.8) is 0 Å². The zero-order valence-electron chi connectivity index (χ0n) is 17.7. The number of furan rings is 1. The number of nitrogens with zero attached hydrogens (tertiary/aromatic N) is 2. The minimum absolute atomic E-state index is 0.108. The van der Waals surface area contributed by atoms with E-state index in [1.54, 1.807) is 18.3 Å². The number of H-pyrrole nitrogens is 1. The lowest BCUT2D eigenvalue weighted by Crippen LogP contribution is -2.50. The van der Waals surface area contributed by atoms with Gasteiger partial charge in [-0.05, 0) is 62.2 Å². The fourth-order valence-electron chi connectivity index (χ4n) is 5.34. The third-order valence-corrected chi connectivity index (χ3v) is 6.76. The van der Waals surface area contributed by atoms with Gasteiger partial charge >= 0.3 is 0 Å². The van der Waals surface area contributed by atoms with Crippen LogP contribution in [0.15, 0.2) is 59.3 Å². The van der Waals surface area contributed by atoms with Crippen molar-refractivity contribution in [2.45, 2.75) is 43.9 Å². The molecule has 1 spiro atoms. The quantitative estimate of drug-likeness (QED) is 0.638. The summed E-state index contributed by atoms with van der Waals surface area (Å²) < 4.78 is 11.7. The van der Waals surface area contributed by atoms with Crippen LogP contribution in [-0.4, -0.2) is 46.8 Å². The fraction of sp³-hybridized carbons (Fsp3) is 0.417. The Bertz CT molecular complexity index is 1010. The maximum Gasteiger partial charge on any atom is 0.287 e. The lowest BCUT2D eigenvalue weighted by molar-refractivity contribution is -0.0337. The monoisotopic (exact) mass is 420 g/mol. The fourth-order valence-corrected chi connectivity index (χ4v) is 5.34. The van der Waals surface area contributed by atoms with Gasteiger partial charge in [-0.2, -0.15) is 5.10 Å². The van der Waals surface area contributed by atoms with Crippen LogP contribution in [0.3, 0.4) is 0 Å². The van der Waals surface area contributed by atoms with Crippen LogP contribution < -0.4 is 5.32 Å². The number of benzene rings is 1.